The van der Waals surface area contributed by atoms with Gasteiger partial charge in [-0.15, -0.1) is 11.3 Å². The highest BCUT2D eigenvalue weighted by molar-refractivity contribution is 7.13. The molecule has 4 nitrogen and oxygen atoms in total. The number of hydrogen-bond acceptors (Lipinski definition) is 4. The summed E-state index contributed by atoms with van der Waals surface area (Å²) in [6, 6.07) is 2.01. The lowest BCUT2D eigenvalue weighted by atomic mass is 10.1. The summed E-state index contributed by atoms with van der Waals surface area (Å²) in [5, 5.41) is 6.48. The lowest BCUT2D eigenvalue weighted by Crippen LogP contribution is -1.99. The number of nitrogens with two attached hydrogens (primary N) is 1. The molecule has 5 heteroatoms. The quantitative estimate of drug-likeness (QED) is 0.909. The van der Waals surface area contributed by atoms with E-state index in [-0.39, 0.29) is 0 Å². The Morgan fingerprint density at radius 2 is 2.29 bits per heavy atom. The van der Waals surface area contributed by atoms with Gasteiger partial charge in [0.25, 0.3) is 0 Å². The van der Waals surface area contributed by atoms with E-state index in [1.165, 1.54) is 0 Å². The molecule has 0 bridgehead atoms. The van der Waals surface area contributed by atoms with Gasteiger partial charge in [-0.25, -0.2) is 0 Å². The molecule has 2 heterocycles. The molecule has 0 radical (unpaired) electrons. The van der Waals surface area contributed by atoms with Crippen molar-refractivity contribution in [2.24, 2.45) is 7.05 Å². The molecule has 0 amide bonds. The van der Waals surface area contributed by atoms with Crippen LogP contribution in [-0.4, -0.2) is 16.9 Å². The molecule has 0 saturated heterocycles. The summed E-state index contributed by atoms with van der Waals surface area (Å²) in [6.45, 7) is 2.14. The predicted octanol–water partition coefficient (Wildman–Crippen LogP) is 2.69. The van der Waals surface area contributed by atoms with Gasteiger partial charge in [0.2, 0.25) is 0 Å². The molecule has 2 rings (SSSR count). The Labute approximate surface area is 105 Å². The van der Waals surface area contributed by atoms with Crippen LogP contribution in [0.4, 0.5) is 5.82 Å². The minimum atomic E-state index is 0.759. The van der Waals surface area contributed by atoms with E-state index in [4.69, 9.17) is 10.5 Å². The van der Waals surface area contributed by atoms with Crippen molar-refractivity contribution in [1.29, 1.82) is 0 Å². The summed E-state index contributed by atoms with van der Waals surface area (Å²) in [7, 11) is 3.55. The molecule has 2 aromatic heterocycles. The van der Waals surface area contributed by atoms with Crippen LogP contribution in [0, 0.1) is 0 Å². The van der Waals surface area contributed by atoms with Crippen molar-refractivity contribution in [3.8, 4) is 16.3 Å². The zero-order chi connectivity index (χ0) is 12.4. The average Bonchev–Trinajstić information content (AvgIpc) is 2.89. The third-order valence-electron chi connectivity index (χ3n) is 2.74. The van der Waals surface area contributed by atoms with Gasteiger partial charge in [0.15, 0.2) is 0 Å². The summed E-state index contributed by atoms with van der Waals surface area (Å²) in [5.41, 5.74) is 8.16. The van der Waals surface area contributed by atoms with Crippen molar-refractivity contribution in [2.45, 2.75) is 19.8 Å². The number of thiophene rings is 1. The Morgan fingerprint density at radius 3 is 2.88 bits per heavy atom. The number of hydrogen-bond donors (Lipinski definition) is 1. The van der Waals surface area contributed by atoms with Crippen molar-refractivity contribution < 1.29 is 4.74 Å². The Kier molecular flexibility index (Phi) is 3.38. The van der Waals surface area contributed by atoms with Crippen molar-refractivity contribution >= 4 is 17.2 Å². The molecule has 0 aromatic carbocycles. The lowest BCUT2D eigenvalue weighted by Gasteiger charge is -1.99. The number of nitrogen functional groups attached to an aromatic ring is 1. The van der Waals surface area contributed by atoms with Gasteiger partial charge in [0.1, 0.15) is 17.3 Å². The van der Waals surface area contributed by atoms with Crippen LogP contribution < -0.4 is 10.5 Å². The Hall–Kier alpha value is -1.49. The van der Waals surface area contributed by atoms with Crippen LogP contribution >= 0.6 is 11.3 Å². The topological polar surface area (TPSA) is 53.1 Å². The molecule has 0 spiro atoms. The van der Waals surface area contributed by atoms with E-state index in [2.05, 4.69) is 12.0 Å². The molecular weight excluding hydrogens is 234 g/mol. The van der Waals surface area contributed by atoms with Gasteiger partial charge in [-0.1, -0.05) is 13.3 Å². The summed E-state index contributed by atoms with van der Waals surface area (Å²) in [6.07, 6.45) is 2.01. The first kappa shape index (κ1) is 12.0. The molecule has 0 aliphatic carbocycles. The summed E-state index contributed by atoms with van der Waals surface area (Å²) < 4.78 is 6.94. The monoisotopic (exact) mass is 251 g/mol. The lowest BCUT2D eigenvalue weighted by molar-refractivity contribution is 0.417. The molecule has 0 unspecified atom stereocenters. The van der Waals surface area contributed by atoms with Crippen LogP contribution in [-0.2, 0) is 13.5 Å². The minimum Gasteiger partial charge on any atom is -0.496 e. The van der Waals surface area contributed by atoms with Crippen LogP contribution in [0.1, 0.15) is 18.9 Å². The maximum absolute atomic E-state index is 6.04. The molecule has 2 N–H and O–H groups in total. The van der Waals surface area contributed by atoms with E-state index in [1.807, 2.05) is 18.5 Å². The molecule has 2 aromatic rings. The zero-order valence-electron chi connectivity index (χ0n) is 10.4. The van der Waals surface area contributed by atoms with Gasteiger partial charge in [-0.05, 0) is 6.42 Å². The van der Waals surface area contributed by atoms with Crippen molar-refractivity contribution in [1.82, 2.24) is 9.78 Å². The van der Waals surface area contributed by atoms with E-state index in [1.54, 1.807) is 23.1 Å². The van der Waals surface area contributed by atoms with Crippen molar-refractivity contribution in [2.75, 3.05) is 12.8 Å². The average molecular weight is 251 g/mol. The summed E-state index contributed by atoms with van der Waals surface area (Å²) in [5.74, 6) is 1.63. The van der Waals surface area contributed by atoms with Crippen LogP contribution in [0.25, 0.3) is 10.6 Å². The second-order valence-electron chi connectivity index (χ2n) is 3.94. The minimum absolute atomic E-state index is 0.759. The maximum Gasteiger partial charge on any atom is 0.130 e. The normalized spacial score (nSPS) is 10.8. The van der Waals surface area contributed by atoms with E-state index in [0.29, 0.717) is 0 Å². The fraction of sp³-hybridized carbons (Fsp3) is 0.417. The Morgan fingerprint density at radius 1 is 1.53 bits per heavy atom. The summed E-state index contributed by atoms with van der Waals surface area (Å²) >= 11 is 1.63. The van der Waals surface area contributed by atoms with E-state index >= 15 is 0 Å². The predicted molar refractivity (Wildman–Crippen MR) is 71.5 cm³/mol. The molecule has 0 aliphatic heterocycles. The smallest absolute Gasteiger partial charge is 0.130 e. The SMILES string of the molecule is CCCc1c(-c2cc(OC)cs2)nn(C)c1N. The largest absolute Gasteiger partial charge is 0.496 e. The van der Waals surface area contributed by atoms with Gasteiger partial charge in [-0.3, -0.25) is 4.68 Å². The fourth-order valence-electron chi connectivity index (χ4n) is 1.83. The number of ether oxygens (including phenoxy) is 1. The van der Waals surface area contributed by atoms with Gasteiger partial charge in [0, 0.05) is 24.1 Å². The molecular formula is C12H17N3OS. The van der Waals surface area contributed by atoms with E-state index in [9.17, 15) is 0 Å². The van der Waals surface area contributed by atoms with Crippen molar-refractivity contribution in [3.63, 3.8) is 0 Å². The first-order valence-electron chi connectivity index (χ1n) is 5.61. The number of anilines is 1. The maximum atomic E-state index is 6.04. The second-order valence-corrected chi connectivity index (χ2v) is 4.85. The van der Waals surface area contributed by atoms with Crippen LogP contribution in [0.5, 0.6) is 5.75 Å². The first-order chi connectivity index (χ1) is 8.17. The number of methoxy groups -OCH3 is 1. The Bertz CT molecular complexity index is 516. The molecule has 0 aliphatic rings. The summed E-state index contributed by atoms with van der Waals surface area (Å²) in [4.78, 5) is 1.11. The fourth-order valence-corrected chi connectivity index (χ4v) is 2.69. The van der Waals surface area contributed by atoms with Gasteiger partial charge >= 0.3 is 0 Å². The number of aromatic nitrogens is 2. The first-order valence-corrected chi connectivity index (χ1v) is 6.49. The van der Waals surface area contributed by atoms with Gasteiger partial charge in [-0.2, -0.15) is 5.10 Å². The standard InChI is InChI=1S/C12H17N3OS/c1-4-5-9-11(14-15(2)12(9)13)10-6-8(16-3)7-17-10/h6-7H,4-5,13H2,1-3H3. The number of rotatable bonds is 4. The van der Waals surface area contributed by atoms with Crippen LogP contribution in [0.3, 0.4) is 0 Å². The highest BCUT2D eigenvalue weighted by Crippen LogP contribution is 2.34. The molecule has 92 valence electrons. The van der Waals surface area contributed by atoms with Crippen molar-refractivity contribution in [3.05, 3.63) is 17.0 Å². The Balaban J connectivity index is 2.46. The highest BCUT2D eigenvalue weighted by Gasteiger charge is 2.16. The van der Waals surface area contributed by atoms with Gasteiger partial charge < -0.3 is 10.5 Å². The second kappa shape index (κ2) is 4.79. The highest BCUT2D eigenvalue weighted by atomic mass is 32.1. The molecule has 0 saturated carbocycles. The van der Waals surface area contributed by atoms with Gasteiger partial charge in [0.05, 0.1) is 12.0 Å². The van der Waals surface area contributed by atoms with E-state index in [0.717, 1.165) is 40.5 Å². The molecule has 0 fully saturated rings. The number of aryl methyl sites for hydroxylation is 1. The van der Waals surface area contributed by atoms with Crippen LogP contribution in [0.2, 0.25) is 0 Å². The van der Waals surface area contributed by atoms with E-state index < -0.39 is 0 Å². The zero-order valence-corrected chi connectivity index (χ0v) is 11.2. The molecule has 0 atom stereocenters. The third kappa shape index (κ3) is 2.15. The third-order valence-corrected chi connectivity index (χ3v) is 3.65. The molecule has 17 heavy (non-hydrogen) atoms. The van der Waals surface area contributed by atoms with Crippen LogP contribution in [0.15, 0.2) is 11.4 Å². The number of nitrogens with zero attached hydrogens (tertiary/aromatic N) is 2.